The monoisotopic (exact) mass is 361 g/mol. The third-order valence-electron chi connectivity index (χ3n) is 4.16. The minimum absolute atomic E-state index is 0.191. The van der Waals surface area contributed by atoms with Crippen LogP contribution in [0.15, 0.2) is 72.9 Å². The molecule has 3 rings (SSSR count). The van der Waals surface area contributed by atoms with Gasteiger partial charge in [-0.15, -0.1) is 0 Å². The van der Waals surface area contributed by atoms with Crippen LogP contribution in [0.25, 0.3) is 0 Å². The van der Waals surface area contributed by atoms with Crippen LogP contribution in [0.2, 0.25) is 0 Å². The molecule has 0 unspecified atom stereocenters. The maximum absolute atomic E-state index is 12.3. The number of carbonyl (C=O) groups excluding carboxylic acids is 1. The number of methoxy groups -OCH3 is 1. The maximum atomic E-state index is 12.3. The van der Waals surface area contributed by atoms with Gasteiger partial charge in [-0.25, -0.2) is 4.98 Å². The van der Waals surface area contributed by atoms with Crippen molar-refractivity contribution in [2.45, 2.75) is 12.8 Å². The Labute approximate surface area is 159 Å². The molecule has 1 amide bonds. The molecule has 0 radical (unpaired) electrons. The molecule has 2 aromatic carbocycles. The topological polar surface area (TPSA) is 63.2 Å². The largest absolute Gasteiger partial charge is 0.497 e. The van der Waals surface area contributed by atoms with E-state index in [0.717, 1.165) is 31.0 Å². The highest BCUT2D eigenvalue weighted by molar-refractivity contribution is 6.04. The second-order valence-electron chi connectivity index (χ2n) is 6.13. The molecule has 3 aromatic rings. The molecule has 0 aliphatic heterocycles. The van der Waals surface area contributed by atoms with Crippen LogP contribution in [-0.4, -0.2) is 24.5 Å². The van der Waals surface area contributed by atoms with Gasteiger partial charge in [0.05, 0.1) is 12.7 Å². The number of hydrogen-bond acceptors (Lipinski definition) is 4. The SMILES string of the molecule is COc1ccc(NC(=O)c2ccc(NCCCc3ccccc3)nc2)cc1. The lowest BCUT2D eigenvalue weighted by Gasteiger charge is -2.08. The predicted molar refractivity (Wildman–Crippen MR) is 108 cm³/mol. The first-order valence-electron chi connectivity index (χ1n) is 8.94. The molecule has 0 saturated heterocycles. The van der Waals surface area contributed by atoms with Crippen molar-refractivity contribution in [1.29, 1.82) is 0 Å². The van der Waals surface area contributed by atoms with Gasteiger partial charge < -0.3 is 15.4 Å². The second-order valence-corrected chi connectivity index (χ2v) is 6.13. The summed E-state index contributed by atoms with van der Waals surface area (Å²) in [6.07, 6.45) is 3.62. The van der Waals surface area contributed by atoms with E-state index in [-0.39, 0.29) is 5.91 Å². The molecule has 0 bridgehead atoms. The number of rotatable bonds is 8. The molecule has 0 aliphatic carbocycles. The number of aromatic nitrogens is 1. The zero-order valence-corrected chi connectivity index (χ0v) is 15.3. The van der Waals surface area contributed by atoms with E-state index in [2.05, 4.69) is 39.9 Å². The Bertz CT molecular complexity index is 847. The summed E-state index contributed by atoms with van der Waals surface area (Å²) in [5.41, 5.74) is 2.56. The number of pyridine rings is 1. The molecule has 5 heteroatoms. The number of hydrogen-bond donors (Lipinski definition) is 2. The van der Waals surface area contributed by atoms with Crippen LogP contribution in [0.4, 0.5) is 11.5 Å². The average Bonchev–Trinajstić information content (AvgIpc) is 2.73. The van der Waals surface area contributed by atoms with E-state index in [1.807, 2.05) is 12.1 Å². The van der Waals surface area contributed by atoms with E-state index < -0.39 is 0 Å². The molecule has 0 atom stereocenters. The highest BCUT2D eigenvalue weighted by Crippen LogP contribution is 2.16. The van der Waals surface area contributed by atoms with Gasteiger partial charge in [0, 0.05) is 18.4 Å². The fourth-order valence-electron chi connectivity index (χ4n) is 2.66. The van der Waals surface area contributed by atoms with Crippen molar-refractivity contribution in [3.63, 3.8) is 0 Å². The summed E-state index contributed by atoms with van der Waals surface area (Å²) in [5.74, 6) is 1.32. The van der Waals surface area contributed by atoms with E-state index in [0.29, 0.717) is 11.3 Å². The first-order valence-corrected chi connectivity index (χ1v) is 8.94. The normalized spacial score (nSPS) is 10.3. The Morgan fingerprint density at radius 3 is 2.44 bits per heavy atom. The molecule has 138 valence electrons. The minimum atomic E-state index is -0.191. The van der Waals surface area contributed by atoms with Gasteiger partial charge >= 0.3 is 0 Å². The van der Waals surface area contributed by atoms with Gasteiger partial charge in [-0.2, -0.15) is 0 Å². The molecule has 0 fully saturated rings. The maximum Gasteiger partial charge on any atom is 0.257 e. The van der Waals surface area contributed by atoms with Crippen molar-refractivity contribution in [2.24, 2.45) is 0 Å². The number of benzene rings is 2. The van der Waals surface area contributed by atoms with E-state index >= 15 is 0 Å². The van der Waals surface area contributed by atoms with Gasteiger partial charge in [0.15, 0.2) is 0 Å². The number of ether oxygens (including phenoxy) is 1. The molecular formula is C22H23N3O2. The van der Waals surface area contributed by atoms with Crippen LogP contribution in [0.1, 0.15) is 22.3 Å². The Kier molecular flexibility index (Phi) is 6.41. The van der Waals surface area contributed by atoms with Gasteiger partial charge in [0.1, 0.15) is 11.6 Å². The lowest BCUT2D eigenvalue weighted by molar-refractivity contribution is 0.102. The molecule has 1 heterocycles. The molecular weight excluding hydrogens is 338 g/mol. The van der Waals surface area contributed by atoms with Crippen LogP contribution in [0.5, 0.6) is 5.75 Å². The summed E-state index contributed by atoms with van der Waals surface area (Å²) in [6, 6.07) is 21.2. The summed E-state index contributed by atoms with van der Waals surface area (Å²) >= 11 is 0. The smallest absolute Gasteiger partial charge is 0.257 e. The highest BCUT2D eigenvalue weighted by Gasteiger charge is 2.07. The number of nitrogens with zero attached hydrogens (tertiary/aromatic N) is 1. The Morgan fingerprint density at radius 1 is 1.00 bits per heavy atom. The first-order chi connectivity index (χ1) is 13.2. The Hall–Kier alpha value is -3.34. The van der Waals surface area contributed by atoms with E-state index in [1.54, 1.807) is 43.6 Å². The lowest BCUT2D eigenvalue weighted by atomic mass is 10.1. The van der Waals surface area contributed by atoms with Gasteiger partial charge in [-0.1, -0.05) is 30.3 Å². The van der Waals surface area contributed by atoms with Gasteiger partial charge in [0.2, 0.25) is 0 Å². The van der Waals surface area contributed by atoms with Crippen molar-refractivity contribution in [1.82, 2.24) is 4.98 Å². The molecule has 5 nitrogen and oxygen atoms in total. The Balaban J connectivity index is 1.46. The van der Waals surface area contributed by atoms with Crippen molar-refractivity contribution < 1.29 is 9.53 Å². The third-order valence-corrected chi connectivity index (χ3v) is 4.16. The van der Waals surface area contributed by atoms with Crippen LogP contribution in [0.3, 0.4) is 0 Å². The minimum Gasteiger partial charge on any atom is -0.497 e. The van der Waals surface area contributed by atoms with Crippen molar-refractivity contribution in [2.75, 3.05) is 24.3 Å². The van der Waals surface area contributed by atoms with Crippen LogP contribution < -0.4 is 15.4 Å². The van der Waals surface area contributed by atoms with E-state index in [1.165, 1.54) is 5.56 Å². The number of nitrogens with one attached hydrogen (secondary N) is 2. The van der Waals surface area contributed by atoms with Gasteiger partial charge in [0.25, 0.3) is 5.91 Å². The van der Waals surface area contributed by atoms with Gasteiger partial charge in [-0.3, -0.25) is 4.79 Å². The predicted octanol–water partition coefficient (Wildman–Crippen LogP) is 4.39. The summed E-state index contributed by atoms with van der Waals surface area (Å²) in [6.45, 7) is 0.833. The summed E-state index contributed by atoms with van der Waals surface area (Å²) in [4.78, 5) is 16.6. The number of carbonyl (C=O) groups is 1. The second kappa shape index (κ2) is 9.38. The molecule has 0 saturated carbocycles. The van der Waals surface area contributed by atoms with Crippen LogP contribution in [0, 0.1) is 0 Å². The fraction of sp³-hybridized carbons (Fsp3) is 0.182. The number of amides is 1. The third kappa shape index (κ3) is 5.57. The van der Waals surface area contributed by atoms with Crippen molar-refractivity contribution >= 4 is 17.4 Å². The molecule has 27 heavy (non-hydrogen) atoms. The van der Waals surface area contributed by atoms with Crippen molar-refractivity contribution in [3.8, 4) is 5.75 Å². The molecule has 2 N–H and O–H groups in total. The number of aryl methyl sites for hydroxylation is 1. The fourth-order valence-corrected chi connectivity index (χ4v) is 2.66. The molecule has 0 aliphatic rings. The van der Waals surface area contributed by atoms with E-state index in [4.69, 9.17) is 4.74 Å². The zero-order valence-electron chi connectivity index (χ0n) is 15.3. The summed E-state index contributed by atoms with van der Waals surface area (Å²) < 4.78 is 5.11. The Morgan fingerprint density at radius 2 is 1.78 bits per heavy atom. The first kappa shape index (κ1) is 18.5. The van der Waals surface area contributed by atoms with E-state index in [9.17, 15) is 4.79 Å². The highest BCUT2D eigenvalue weighted by atomic mass is 16.5. The van der Waals surface area contributed by atoms with Crippen LogP contribution in [-0.2, 0) is 6.42 Å². The quantitative estimate of drug-likeness (QED) is 0.584. The number of anilines is 2. The van der Waals surface area contributed by atoms with Gasteiger partial charge in [-0.05, 0) is 54.8 Å². The molecule has 0 spiro atoms. The van der Waals surface area contributed by atoms with Crippen molar-refractivity contribution in [3.05, 3.63) is 84.1 Å². The average molecular weight is 361 g/mol. The lowest BCUT2D eigenvalue weighted by Crippen LogP contribution is -2.12. The molecule has 1 aromatic heterocycles. The summed E-state index contributed by atoms with van der Waals surface area (Å²) in [7, 11) is 1.61. The standard InChI is InChI=1S/C22H23N3O2/c1-27-20-12-10-19(11-13-20)25-22(26)18-9-14-21(24-16-18)23-15-5-8-17-6-3-2-4-7-17/h2-4,6-7,9-14,16H,5,8,15H2,1H3,(H,23,24)(H,25,26). The zero-order chi connectivity index (χ0) is 18.9. The van der Waals surface area contributed by atoms with Crippen LogP contribution >= 0.6 is 0 Å². The summed E-state index contributed by atoms with van der Waals surface area (Å²) in [5, 5.41) is 6.13.